The molecule has 22 valence electrons. The molecule has 0 aliphatic rings. The van der Waals surface area contributed by atoms with Crippen molar-refractivity contribution in [3.63, 3.8) is 0 Å². The number of rotatable bonds is 0. The van der Waals surface area contributed by atoms with E-state index in [4.69, 9.17) is 0 Å². The molecule has 0 saturated heterocycles. The zero-order valence-corrected chi connectivity index (χ0v) is 7.37. The molecule has 0 atom stereocenters. The Morgan fingerprint density at radius 1 is 2.00 bits per heavy atom. The molecule has 1 nitrogen and oxygen atoms in total. The molecule has 0 rings (SSSR count). The van der Waals surface area contributed by atoms with Crippen molar-refractivity contribution < 1.29 is 0 Å². The van der Waals surface area contributed by atoms with Crippen LogP contribution >= 0.6 is 12.2 Å². The van der Waals surface area contributed by atoms with E-state index in [1.807, 2.05) is 0 Å². The number of nitrogens with zero attached hydrogens (tertiary/aromatic N) is 1. The maximum absolute atomic E-state index is 4.18. The van der Waals surface area contributed by atoms with E-state index in [1.165, 1.54) is 0 Å². The predicted molar refractivity (Wildman–Crippen MR) is 25.0 cm³/mol. The van der Waals surface area contributed by atoms with E-state index < -0.39 is 0 Å². The van der Waals surface area contributed by atoms with Gasteiger partial charge in [0.25, 0.3) is 0 Å². The van der Waals surface area contributed by atoms with Crippen LogP contribution in [0.1, 0.15) is 0 Å². The van der Waals surface area contributed by atoms with Gasteiger partial charge in [0.1, 0.15) is 0 Å². The molecule has 0 bridgehead atoms. The van der Waals surface area contributed by atoms with Gasteiger partial charge in [-0.2, -0.15) is 0 Å². The van der Waals surface area contributed by atoms with Crippen molar-refractivity contribution in [3.8, 4) is 0 Å². The summed E-state index contributed by atoms with van der Waals surface area (Å²) in [4.78, 5) is 0. The Morgan fingerprint density at radius 3 is 2.25 bits per heavy atom. The van der Waals surface area contributed by atoms with Gasteiger partial charge in [-0.25, -0.2) is 0 Å². The van der Waals surface area contributed by atoms with E-state index in [9.17, 15) is 0 Å². The zero-order chi connectivity index (χ0) is 3.41. The van der Waals surface area contributed by atoms with Gasteiger partial charge in [-0.05, 0) is 0 Å². The number of isothiocyanates is 1. The van der Waals surface area contributed by atoms with Gasteiger partial charge < -0.3 is 0 Å². The van der Waals surface area contributed by atoms with Crippen LogP contribution < -0.4 is 0 Å². The average molecular weight is 134 g/mol. The first-order valence-corrected chi connectivity index (χ1v) is 3.16. The molecule has 0 aliphatic heterocycles. The van der Waals surface area contributed by atoms with Gasteiger partial charge in [-0.1, -0.05) is 0 Å². The third-order valence-electron chi connectivity index (χ3n) is 0.0913. The van der Waals surface area contributed by atoms with Crippen molar-refractivity contribution in [2.45, 2.75) is 0 Å². The molecule has 0 N–H and O–H groups in total. The number of hydrogen-bond donors (Lipinski definition) is 0. The summed E-state index contributed by atoms with van der Waals surface area (Å²) in [7, 11) is 0. The molecule has 0 aromatic rings. The molecule has 0 fully saturated rings. The fraction of sp³-hybridized carbons (Fsp3) is 0. The molecule has 0 radical (unpaired) electrons. The zero-order valence-electron chi connectivity index (χ0n) is 2.36. The molecular weight excluding hydrogens is 131 g/mol. The molecule has 0 saturated carbocycles. The van der Waals surface area contributed by atoms with Crippen LogP contribution in [0.4, 0.5) is 0 Å². The fourth-order valence-corrected chi connectivity index (χ4v) is 0. The topological polar surface area (TPSA) is 12.4 Å². The minimum atomic E-state index is 0.523. The minimum absolute atomic E-state index is 0.523. The maximum atomic E-state index is 4.18. The first kappa shape index (κ1) is 4.34. The third-order valence-corrected chi connectivity index (χ3v) is 1.42. The van der Waals surface area contributed by atoms with Crippen LogP contribution in [0, 0.1) is 0 Å². The molecule has 0 aromatic heterocycles. The molecule has 3 heteroatoms. The summed E-state index contributed by atoms with van der Waals surface area (Å²) in [6.45, 7) is 0. The van der Waals surface area contributed by atoms with Crippen LogP contribution in [0.5, 0.6) is 0 Å². The van der Waals surface area contributed by atoms with Crippen LogP contribution in [0.15, 0.2) is 3.95 Å². The molecule has 0 amide bonds. The van der Waals surface area contributed by atoms with Crippen molar-refractivity contribution in [3.05, 3.63) is 0 Å². The Balaban J connectivity index is 3.11. The summed E-state index contributed by atoms with van der Waals surface area (Å²) in [6.07, 6.45) is 0. The van der Waals surface area contributed by atoms with Crippen molar-refractivity contribution in [1.82, 2.24) is 0 Å². The second-order valence-electron chi connectivity index (χ2n) is 0.315. The van der Waals surface area contributed by atoms with Crippen molar-refractivity contribution in [1.29, 1.82) is 0 Å². The fourth-order valence-electron chi connectivity index (χ4n) is 0. The van der Waals surface area contributed by atoms with Crippen LogP contribution in [0.3, 0.4) is 0 Å². The van der Waals surface area contributed by atoms with Crippen LogP contribution in [-0.2, 0) is 0 Å². The van der Waals surface area contributed by atoms with E-state index in [2.05, 4.69) is 21.3 Å². The van der Waals surface area contributed by atoms with Gasteiger partial charge in [0.15, 0.2) is 0 Å². The Hall–Kier alpha value is 0.343. The molecule has 0 aliphatic carbocycles. The molecular formula is CH3GeNS. The predicted octanol–water partition coefficient (Wildman–Crippen LogP) is -0.630. The van der Waals surface area contributed by atoms with Crippen molar-refractivity contribution in [2.75, 3.05) is 0 Å². The van der Waals surface area contributed by atoms with E-state index in [-0.39, 0.29) is 0 Å². The van der Waals surface area contributed by atoms with E-state index in [0.29, 0.717) is 16.7 Å². The Kier molecular flexibility index (Phi) is 3.63. The normalized spacial score (nSPS) is 5.00. The second-order valence-corrected chi connectivity index (χ2v) is 1.44. The second kappa shape index (κ2) is 3.34. The van der Waals surface area contributed by atoms with Gasteiger partial charge in [-0.15, -0.1) is 0 Å². The Morgan fingerprint density at radius 2 is 2.25 bits per heavy atom. The monoisotopic (exact) mass is 135 g/mol. The molecule has 4 heavy (non-hydrogen) atoms. The van der Waals surface area contributed by atoms with Crippen LogP contribution in [0.2, 0.25) is 0 Å². The molecule has 0 spiro atoms. The quantitative estimate of drug-likeness (QED) is 0.244. The third kappa shape index (κ3) is 2.34. The summed E-state index contributed by atoms with van der Waals surface area (Å²) in [5.74, 6) is 0. The Labute approximate surface area is 38.6 Å². The standard InChI is InChI=1S/CH3GeNS/c2-3-1-4/h2H3. The van der Waals surface area contributed by atoms with Crippen LogP contribution in [-0.4, -0.2) is 21.9 Å². The summed E-state index contributed by atoms with van der Waals surface area (Å²) in [6, 6.07) is 0. The van der Waals surface area contributed by atoms with E-state index in [0.717, 1.165) is 0 Å². The molecule has 0 heterocycles. The first-order valence-electron chi connectivity index (χ1n) is 0.875. The molecule has 0 unspecified atom stereocenters. The summed E-state index contributed by atoms with van der Waals surface area (Å²) < 4.78 is 3.49. The average Bonchev–Trinajstić information content (AvgIpc) is 1.37. The SMILES string of the molecule is S=C=[N][GeH3]. The van der Waals surface area contributed by atoms with Gasteiger partial charge in [0.2, 0.25) is 0 Å². The summed E-state index contributed by atoms with van der Waals surface area (Å²) in [5, 5.41) is 2.22. The summed E-state index contributed by atoms with van der Waals surface area (Å²) in [5.41, 5.74) is 0. The Bertz CT molecular complexity index is 46.0. The van der Waals surface area contributed by atoms with Gasteiger partial charge in [0.05, 0.1) is 0 Å². The summed E-state index contributed by atoms with van der Waals surface area (Å²) >= 11 is 4.71. The number of thiocarbonyl (C=S) groups is 1. The van der Waals surface area contributed by atoms with Gasteiger partial charge in [0, 0.05) is 0 Å². The van der Waals surface area contributed by atoms with Gasteiger partial charge in [-0.3, -0.25) is 0 Å². The molecule has 0 aromatic carbocycles. The van der Waals surface area contributed by atoms with Crippen molar-refractivity contribution in [2.24, 2.45) is 3.95 Å². The number of hydrogen-bond acceptors (Lipinski definition) is 2. The van der Waals surface area contributed by atoms with E-state index >= 15 is 0 Å². The first-order chi connectivity index (χ1) is 1.91. The van der Waals surface area contributed by atoms with E-state index in [1.54, 1.807) is 0 Å². The van der Waals surface area contributed by atoms with Crippen molar-refractivity contribution >= 4 is 34.1 Å². The van der Waals surface area contributed by atoms with Gasteiger partial charge >= 0.3 is 38.1 Å². The van der Waals surface area contributed by atoms with Crippen LogP contribution in [0.25, 0.3) is 0 Å².